The highest BCUT2D eigenvalue weighted by Crippen LogP contribution is 2.20. The molecule has 76 valence electrons. The van der Waals surface area contributed by atoms with Gasteiger partial charge >= 0.3 is 0 Å². The second-order valence-electron chi connectivity index (χ2n) is 3.59. The van der Waals surface area contributed by atoms with Crippen molar-refractivity contribution in [3.63, 3.8) is 0 Å². The van der Waals surface area contributed by atoms with Gasteiger partial charge in [-0.3, -0.25) is 4.79 Å². The summed E-state index contributed by atoms with van der Waals surface area (Å²) in [5.74, 6) is -0.544. The maximum absolute atomic E-state index is 13.1. The summed E-state index contributed by atoms with van der Waals surface area (Å²) in [6.07, 6.45) is -1.70. The number of nitrogens with two attached hydrogens (primary N) is 1. The first-order valence-electron chi connectivity index (χ1n) is 4.55. The summed E-state index contributed by atoms with van der Waals surface area (Å²) in [6, 6.07) is 6.83. The third-order valence-corrected chi connectivity index (χ3v) is 2.15. The van der Waals surface area contributed by atoms with Crippen molar-refractivity contribution in [1.82, 2.24) is 0 Å². The summed E-state index contributed by atoms with van der Waals surface area (Å²) >= 11 is 0. The van der Waals surface area contributed by atoms with Crippen molar-refractivity contribution in [2.24, 2.45) is 5.73 Å². The van der Waals surface area contributed by atoms with E-state index >= 15 is 0 Å². The van der Waals surface area contributed by atoms with Crippen LogP contribution >= 0.6 is 0 Å². The van der Waals surface area contributed by atoms with Gasteiger partial charge in [0.05, 0.1) is 0 Å². The molecule has 2 nitrogen and oxygen atoms in total. The van der Waals surface area contributed by atoms with Gasteiger partial charge in [0.15, 0.2) is 0 Å². The third-order valence-electron chi connectivity index (χ3n) is 2.15. The molecule has 2 N–H and O–H groups in total. The lowest BCUT2D eigenvalue weighted by Gasteiger charge is -2.08. The van der Waals surface area contributed by atoms with Gasteiger partial charge in [0.2, 0.25) is 6.17 Å². The second kappa shape index (κ2) is 4.22. The van der Waals surface area contributed by atoms with Gasteiger partial charge in [0.1, 0.15) is 0 Å². The summed E-state index contributed by atoms with van der Waals surface area (Å²) in [5, 5.41) is 0. The first-order chi connectivity index (χ1) is 6.52. The number of hydrogen-bond acceptors (Lipinski definition) is 1. The van der Waals surface area contributed by atoms with Crippen LogP contribution in [0.25, 0.3) is 0 Å². The molecule has 0 saturated heterocycles. The van der Waals surface area contributed by atoms with E-state index in [0.717, 1.165) is 5.56 Å². The molecule has 0 radical (unpaired) electrons. The van der Waals surface area contributed by atoms with Gasteiger partial charge in [0.25, 0.3) is 5.91 Å². The van der Waals surface area contributed by atoms with Crippen molar-refractivity contribution in [2.45, 2.75) is 25.9 Å². The molecule has 0 aliphatic rings. The Morgan fingerprint density at radius 1 is 1.21 bits per heavy atom. The Kier molecular flexibility index (Phi) is 3.23. The summed E-state index contributed by atoms with van der Waals surface area (Å²) < 4.78 is 13.1. The van der Waals surface area contributed by atoms with Crippen LogP contribution < -0.4 is 5.73 Å². The molecule has 0 aromatic heterocycles. The summed E-state index contributed by atoms with van der Waals surface area (Å²) in [4.78, 5) is 10.6. The van der Waals surface area contributed by atoms with E-state index in [-0.39, 0.29) is 0 Å². The summed E-state index contributed by atoms with van der Waals surface area (Å²) in [7, 11) is 0. The number of carbonyl (C=O) groups is 1. The van der Waals surface area contributed by atoms with Crippen molar-refractivity contribution >= 4 is 5.91 Å². The lowest BCUT2D eigenvalue weighted by molar-refractivity contribution is -0.122. The highest BCUT2D eigenvalue weighted by atomic mass is 19.1. The Bertz CT molecular complexity index is 319. The Morgan fingerprint density at radius 3 is 2.00 bits per heavy atom. The highest BCUT2D eigenvalue weighted by molar-refractivity contribution is 5.80. The minimum absolute atomic E-state index is 0.321. The average molecular weight is 195 g/mol. The van der Waals surface area contributed by atoms with E-state index in [1.807, 2.05) is 12.1 Å². The van der Waals surface area contributed by atoms with Crippen molar-refractivity contribution in [1.29, 1.82) is 0 Å². The zero-order valence-electron chi connectivity index (χ0n) is 8.33. The van der Waals surface area contributed by atoms with Gasteiger partial charge in [-0.05, 0) is 17.0 Å². The number of alkyl halides is 1. The van der Waals surface area contributed by atoms with Gasteiger partial charge < -0.3 is 5.73 Å². The predicted octanol–water partition coefficient (Wildman–Crippen LogP) is 2.31. The van der Waals surface area contributed by atoms with Crippen molar-refractivity contribution in [3.8, 4) is 0 Å². The van der Waals surface area contributed by atoms with Crippen LogP contribution in [0.1, 0.15) is 37.1 Å². The van der Waals surface area contributed by atoms with Crippen LogP contribution in [-0.2, 0) is 4.79 Å². The van der Waals surface area contributed by atoms with Gasteiger partial charge in [0, 0.05) is 0 Å². The fourth-order valence-electron chi connectivity index (χ4n) is 1.21. The van der Waals surface area contributed by atoms with Crippen molar-refractivity contribution < 1.29 is 9.18 Å². The molecule has 1 amide bonds. The molecule has 0 aliphatic carbocycles. The fourth-order valence-corrected chi connectivity index (χ4v) is 1.21. The van der Waals surface area contributed by atoms with Crippen molar-refractivity contribution in [3.05, 3.63) is 35.4 Å². The molecule has 0 heterocycles. The third kappa shape index (κ3) is 2.31. The zero-order chi connectivity index (χ0) is 10.7. The smallest absolute Gasteiger partial charge is 0.256 e. The first-order valence-corrected chi connectivity index (χ1v) is 4.55. The standard InChI is InChI=1S/C11H14FNO/c1-7(2)8-3-5-9(6-4-8)10(12)11(13)14/h3-7,10H,1-2H3,(H2,13,14). The quantitative estimate of drug-likeness (QED) is 0.790. The molecule has 0 spiro atoms. The molecule has 0 fully saturated rings. The lowest BCUT2D eigenvalue weighted by atomic mass is 10.0. The predicted molar refractivity (Wildman–Crippen MR) is 53.6 cm³/mol. The van der Waals surface area contributed by atoms with E-state index in [9.17, 15) is 9.18 Å². The highest BCUT2D eigenvalue weighted by Gasteiger charge is 2.15. The molecule has 1 aromatic carbocycles. The molecule has 1 atom stereocenters. The number of hydrogen-bond donors (Lipinski definition) is 1. The minimum atomic E-state index is -1.70. The van der Waals surface area contributed by atoms with Crippen LogP contribution in [0.2, 0.25) is 0 Å². The normalized spacial score (nSPS) is 12.9. The number of benzene rings is 1. The Labute approximate surface area is 82.9 Å². The maximum Gasteiger partial charge on any atom is 0.256 e. The van der Waals surface area contributed by atoms with Crippen LogP contribution in [0.4, 0.5) is 4.39 Å². The lowest BCUT2D eigenvalue weighted by Crippen LogP contribution is -2.17. The Balaban J connectivity index is 2.88. The molecular formula is C11H14FNO. The van der Waals surface area contributed by atoms with Crippen LogP contribution in [0.5, 0.6) is 0 Å². The second-order valence-corrected chi connectivity index (χ2v) is 3.59. The minimum Gasteiger partial charge on any atom is -0.367 e. The number of rotatable bonds is 3. The number of primary amides is 1. The molecule has 14 heavy (non-hydrogen) atoms. The number of halogens is 1. The van der Waals surface area contributed by atoms with Crippen LogP contribution in [0.3, 0.4) is 0 Å². The molecule has 1 aromatic rings. The number of amides is 1. The Morgan fingerprint density at radius 2 is 1.64 bits per heavy atom. The summed E-state index contributed by atoms with van der Waals surface area (Å²) in [5.41, 5.74) is 6.29. The van der Waals surface area contributed by atoms with Crippen LogP contribution in [0.15, 0.2) is 24.3 Å². The average Bonchev–Trinajstić information content (AvgIpc) is 2.16. The topological polar surface area (TPSA) is 43.1 Å². The van der Waals surface area contributed by atoms with Gasteiger partial charge in [-0.15, -0.1) is 0 Å². The van der Waals surface area contributed by atoms with E-state index in [1.54, 1.807) is 12.1 Å². The molecule has 3 heteroatoms. The molecule has 1 rings (SSSR count). The largest absolute Gasteiger partial charge is 0.367 e. The van der Waals surface area contributed by atoms with Gasteiger partial charge in [-0.2, -0.15) is 0 Å². The molecule has 0 saturated carbocycles. The zero-order valence-corrected chi connectivity index (χ0v) is 8.33. The molecule has 0 bridgehead atoms. The number of carbonyl (C=O) groups excluding carboxylic acids is 1. The van der Waals surface area contributed by atoms with E-state index in [0.29, 0.717) is 11.5 Å². The first kappa shape index (κ1) is 10.7. The SMILES string of the molecule is CC(C)c1ccc(C(F)C(N)=O)cc1. The van der Waals surface area contributed by atoms with Gasteiger partial charge in [-0.25, -0.2) is 4.39 Å². The molecular weight excluding hydrogens is 181 g/mol. The van der Waals surface area contributed by atoms with Crippen LogP contribution in [0, 0.1) is 0 Å². The van der Waals surface area contributed by atoms with E-state index in [4.69, 9.17) is 5.73 Å². The fraction of sp³-hybridized carbons (Fsp3) is 0.364. The molecule has 0 aliphatic heterocycles. The van der Waals surface area contributed by atoms with E-state index in [2.05, 4.69) is 13.8 Å². The Hall–Kier alpha value is -1.38. The van der Waals surface area contributed by atoms with Crippen molar-refractivity contribution in [2.75, 3.05) is 0 Å². The maximum atomic E-state index is 13.1. The molecule has 1 unspecified atom stereocenters. The van der Waals surface area contributed by atoms with E-state index in [1.165, 1.54) is 0 Å². The van der Waals surface area contributed by atoms with Gasteiger partial charge in [-0.1, -0.05) is 38.1 Å². The summed E-state index contributed by atoms with van der Waals surface area (Å²) in [6.45, 7) is 4.10. The van der Waals surface area contributed by atoms with Crippen LogP contribution in [-0.4, -0.2) is 5.91 Å². The monoisotopic (exact) mass is 195 g/mol. The van der Waals surface area contributed by atoms with E-state index < -0.39 is 12.1 Å².